The SMILES string of the molecule is NOP(O)(O)=S.[Mo]. The van der Waals surface area contributed by atoms with E-state index in [2.05, 4.69) is 22.3 Å². The summed E-state index contributed by atoms with van der Waals surface area (Å²) in [6, 6.07) is 0. The zero-order valence-electron chi connectivity index (χ0n) is 3.14. The zero-order valence-corrected chi connectivity index (χ0v) is 6.86. The quantitative estimate of drug-likeness (QED) is 0.306. The van der Waals surface area contributed by atoms with Gasteiger partial charge in [0.15, 0.2) is 0 Å². The zero-order chi connectivity index (χ0) is 5.21. The molecule has 0 spiro atoms. The van der Waals surface area contributed by atoms with Crippen molar-refractivity contribution < 1.29 is 35.5 Å². The molecule has 0 saturated heterocycles. The molecule has 44 valence electrons. The van der Waals surface area contributed by atoms with Gasteiger partial charge >= 0.3 is 6.72 Å². The van der Waals surface area contributed by atoms with Crippen LogP contribution in [0.15, 0.2) is 0 Å². The van der Waals surface area contributed by atoms with E-state index in [-0.39, 0.29) is 21.1 Å². The Morgan fingerprint density at radius 1 is 1.57 bits per heavy atom. The van der Waals surface area contributed by atoms with Gasteiger partial charge in [-0.3, -0.25) is 0 Å². The third kappa shape index (κ3) is 11.0. The van der Waals surface area contributed by atoms with Crippen molar-refractivity contribution >= 4 is 18.5 Å². The second-order valence-corrected chi connectivity index (χ2v) is 3.21. The number of rotatable bonds is 1. The minimum atomic E-state index is -3.54. The van der Waals surface area contributed by atoms with Crippen LogP contribution in [0, 0.1) is 0 Å². The molecule has 0 heterocycles. The van der Waals surface area contributed by atoms with Gasteiger partial charge in [0.25, 0.3) is 0 Å². The Morgan fingerprint density at radius 3 is 1.71 bits per heavy atom. The van der Waals surface area contributed by atoms with E-state index in [9.17, 15) is 0 Å². The van der Waals surface area contributed by atoms with E-state index >= 15 is 0 Å². The predicted molar refractivity (Wildman–Crippen MR) is 24.0 cm³/mol. The van der Waals surface area contributed by atoms with Gasteiger partial charge in [-0.25, -0.2) is 10.5 Å². The van der Waals surface area contributed by atoms with E-state index in [1.807, 2.05) is 0 Å². The van der Waals surface area contributed by atoms with E-state index in [1.165, 1.54) is 0 Å². The fraction of sp³-hybridized carbons (Fsp3) is 0. The molecule has 0 aliphatic carbocycles. The van der Waals surface area contributed by atoms with E-state index in [0.29, 0.717) is 0 Å². The normalized spacial score (nSPS) is 10.1. The summed E-state index contributed by atoms with van der Waals surface area (Å²) in [5, 5.41) is 0. The van der Waals surface area contributed by atoms with Gasteiger partial charge in [0.1, 0.15) is 0 Å². The Bertz CT molecular complexity index is 79.0. The van der Waals surface area contributed by atoms with Crippen LogP contribution in [0.1, 0.15) is 0 Å². The molecule has 4 N–H and O–H groups in total. The molecule has 0 aromatic carbocycles. The average molecular weight is 225 g/mol. The molecule has 0 aromatic heterocycles. The van der Waals surface area contributed by atoms with Crippen molar-refractivity contribution in [3.05, 3.63) is 0 Å². The first-order valence-corrected chi connectivity index (χ1v) is 3.63. The summed E-state index contributed by atoms with van der Waals surface area (Å²) in [5.41, 5.74) is 0. The van der Waals surface area contributed by atoms with Crippen LogP contribution in [0.4, 0.5) is 0 Å². The Morgan fingerprint density at radius 2 is 1.71 bits per heavy atom. The summed E-state index contributed by atoms with van der Waals surface area (Å²) in [6.45, 7) is -3.54. The fourth-order valence-electron chi connectivity index (χ4n) is 0. The maximum Gasteiger partial charge on any atom is 0.338 e. The molecule has 7 heavy (non-hydrogen) atoms. The average Bonchev–Trinajstić information content (AvgIpc) is 1.35. The molecule has 0 rings (SSSR count). The van der Waals surface area contributed by atoms with E-state index in [1.54, 1.807) is 0 Å². The minimum Gasteiger partial charge on any atom is -0.324 e. The summed E-state index contributed by atoms with van der Waals surface area (Å²) in [7, 11) is 0. The fourth-order valence-corrected chi connectivity index (χ4v) is 0. The van der Waals surface area contributed by atoms with Crippen LogP contribution in [0.2, 0.25) is 0 Å². The van der Waals surface area contributed by atoms with Crippen LogP contribution in [-0.2, 0) is 37.5 Å². The number of nitrogens with two attached hydrogens (primary N) is 1. The van der Waals surface area contributed by atoms with E-state index < -0.39 is 6.72 Å². The van der Waals surface area contributed by atoms with Gasteiger partial charge in [-0.15, -0.1) is 0 Å². The van der Waals surface area contributed by atoms with Crippen molar-refractivity contribution in [1.29, 1.82) is 0 Å². The van der Waals surface area contributed by atoms with Crippen molar-refractivity contribution in [1.82, 2.24) is 0 Å². The summed E-state index contributed by atoms with van der Waals surface area (Å²) >= 11 is 3.86. The first kappa shape index (κ1) is 11.0. The molecule has 4 nitrogen and oxygen atoms in total. The third-order valence-corrected chi connectivity index (χ3v) is 0.670. The van der Waals surface area contributed by atoms with Crippen molar-refractivity contribution in [2.24, 2.45) is 5.90 Å². The van der Waals surface area contributed by atoms with Gasteiger partial charge in [0, 0.05) is 21.1 Å². The molecule has 0 bridgehead atoms. The molecule has 0 atom stereocenters. The number of hydrogen-bond acceptors (Lipinski definition) is 3. The molecule has 0 aliphatic heterocycles. The molecule has 0 aromatic rings. The molecule has 0 amide bonds. The second-order valence-electron chi connectivity index (χ2n) is 0.596. The molecule has 0 unspecified atom stereocenters. The van der Waals surface area contributed by atoms with Crippen molar-refractivity contribution in [3.8, 4) is 0 Å². The minimum absolute atomic E-state index is 0. The molecular formula is H4MoNO3PS. The Hall–Kier alpha value is 1.18. The van der Waals surface area contributed by atoms with Crippen LogP contribution < -0.4 is 5.90 Å². The molecule has 0 radical (unpaired) electrons. The molecule has 0 aliphatic rings. The van der Waals surface area contributed by atoms with Crippen LogP contribution in [0.3, 0.4) is 0 Å². The standard InChI is InChI=1S/Mo.H4NO3PS/c;1-4-5(2,3)6/h;1H2,(H2,2,3,6). The van der Waals surface area contributed by atoms with Gasteiger partial charge in [-0.05, 0) is 11.8 Å². The van der Waals surface area contributed by atoms with Crippen molar-refractivity contribution in [3.63, 3.8) is 0 Å². The number of hydrogen-bond donors (Lipinski definition) is 3. The summed E-state index contributed by atoms with van der Waals surface area (Å²) < 4.78 is 3.47. The van der Waals surface area contributed by atoms with Gasteiger partial charge in [0.05, 0.1) is 0 Å². The van der Waals surface area contributed by atoms with Crippen LogP contribution in [0.25, 0.3) is 0 Å². The maximum atomic E-state index is 7.96. The van der Waals surface area contributed by atoms with Crippen LogP contribution >= 0.6 is 6.72 Å². The predicted octanol–water partition coefficient (Wildman–Crippen LogP) is -0.917. The first-order chi connectivity index (χ1) is 2.56. The van der Waals surface area contributed by atoms with Crippen molar-refractivity contribution in [2.75, 3.05) is 0 Å². The third-order valence-electron chi connectivity index (χ3n) is 0.137. The largest absolute Gasteiger partial charge is 0.338 e. The maximum absolute atomic E-state index is 7.96. The van der Waals surface area contributed by atoms with Gasteiger partial charge in [0.2, 0.25) is 0 Å². The molecule has 0 saturated carbocycles. The molecular weight excluding hydrogens is 221 g/mol. The van der Waals surface area contributed by atoms with E-state index in [0.717, 1.165) is 0 Å². The summed E-state index contributed by atoms with van der Waals surface area (Å²) in [5.74, 6) is 4.25. The smallest absolute Gasteiger partial charge is 0.324 e. The van der Waals surface area contributed by atoms with Gasteiger partial charge in [-0.2, -0.15) is 0 Å². The molecule has 7 heteroatoms. The van der Waals surface area contributed by atoms with Crippen LogP contribution in [-0.4, -0.2) is 9.79 Å². The summed E-state index contributed by atoms with van der Waals surface area (Å²) in [4.78, 5) is 15.9. The van der Waals surface area contributed by atoms with Gasteiger partial charge < -0.3 is 9.79 Å². The molecule has 0 fully saturated rings. The summed E-state index contributed by atoms with van der Waals surface area (Å²) in [6.07, 6.45) is 0. The second kappa shape index (κ2) is 4.10. The topological polar surface area (TPSA) is 75.7 Å². The Kier molecular flexibility index (Phi) is 6.46. The monoisotopic (exact) mass is 227 g/mol. The van der Waals surface area contributed by atoms with Crippen LogP contribution in [0.5, 0.6) is 0 Å². The van der Waals surface area contributed by atoms with Crippen molar-refractivity contribution in [2.45, 2.75) is 0 Å². The Balaban J connectivity index is 0. The first-order valence-electron chi connectivity index (χ1n) is 1.00. The Labute approximate surface area is 60.1 Å². The van der Waals surface area contributed by atoms with Gasteiger partial charge in [-0.1, -0.05) is 0 Å². The van der Waals surface area contributed by atoms with E-state index in [4.69, 9.17) is 9.79 Å².